The Hall–Kier alpha value is -1.76. The van der Waals surface area contributed by atoms with Gasteiger partial charge in [-0.15, -0.1) is 0 Å². The van der Waals surface area contributed by atoms with E-state index in [2.05, 4.69) is 4.98 Å². The standard InChI is InChI=1S/C9H9NO5S/c1-2-16(14,15)9(13)7-5-3-4-6(10-7)8(11)12/h3-5H,2H2,1H3,(H,11,12). The smallest absolute Gasteiger partial charge is 0.354 e. The fraction of sp³-hybridized carbons (Fsp3) is 0.222. The van der Waals surface area contributed by atoms with Crippen LogP contribution in [0, 0.1) is 0 Å². The second kappa shape index (κ2) is 4.40. The van der Waals surface area contributed by atoms with Gasteiger partial charge < -0.3 is 5.11 Å². The van der Waals surface area contributed by atoms with Crippen LogP contribution in [-0.4, -0.2) is 35.3 Å². The normalized spacial score (nSPS) is 11.1. The zero-order valence-electron chi connectivity index (χ0n) is 8.37. The summed E-state index contributed by atoms with van der Waals surface area (Å²) in [4.78, 5) is 25.5. The summed E-state index contributed by atoms with van der Waals surface area (Å²) in [5.41, 5.74) is -0.737. The number of sulfone groups is 1. The van der Waals surface area contributed by atoms with Gasteiger partial charge in [-0.3, -0.25) is 4.79 Å². The number of carbonyl (C=O) groups excluding carboxylic acids is 1. The Kier molecular flexibility index (Phi) is 3.38. The van der Waals surface area contributed by atoms with Crippen LogP contribution in [-0.2, 0) is 9.84 Å². The summed E-state index contributed by atoms with van der Waals surface area (Å²) in [6.07, 6.45) is 0. The molecule has 0 aliphatic heterocycles. The van der Waals surface area contributed by atoms with Crippen LogP contribution in [0.15, 0.2) is 18.2 Å². The molecule has 0 aliphatic carbocycles. The molecule has 0 saturated carbocycles. The number of pyridine rings is 1. The third-order valence-corrected chi connectivity index (χ3v) is 3.37. The highest BCUT2D eigenvalue weighted by atomic mass is 32.2. The molecule has 1 aromatic rings. The molecular formula is C9H9NO5S. The van der Waals surface area contributed by atoms with Gasteiger partial charge in [-0.25, -0.2) is 18.2 Å². The van der Waals surface area contributed by atoms with E-state index in [9.17, 15) is 18.0 Å². The summed E-state index contributed by atoms with van der Waals surface area (Å²) in [7, 11) is -3.89. The van der Waals surface area contributed by atoms with E-state index in [-0.39, 0.29) is 17.1 Å². The highest BCUT2D eigenvalue weighted by Gasteiger charge is 2.23. The topological polar surface area (TPSA) is 101 Å². The fourth-order valence-electron chi connectivity index (χ4n) is 0.958. The number of aromatic carboxylic acids is 1. The van der Waals surface area contributed by atoms with Gasteiger partial charge in [-0.05, 0) is 12.1 Å². The summed E-state index contributed by atoms with van der Waals surface area (Å²) in [6, 6.07) is 3.62. The molecule has 6 nitrogen and oxygen atoms in total. The molecule has 0 radical (unpaired) electrons. The number of carboxylic acids is 1. The maximum absolute atomic E-state index is 11.4. The first-order valence-corrected chi connectivity index (χ1v) is 6.01. The highest BCUT2D eigenvalue weighted by molar-refractivity contribution is 8.06. The van der Waals surface area contributed by atoms with Crippen molar-refractivity contribution in [3.63, 3.8) is 0 Å². The average molecular weight is 243 g/mol. The van der Waals surface area contributed by atoms with Crippen molar-refractivity contribution < 1.29 is 23.1 Å². The molecule has 7 heteroatoms. The minimum absolute atomic E-state index is 0.342. The number of hydrogen-bond donors (Lipinski definition) is 1. The number of hydrogen-bond acceptors (Lipinski definition) is 5. The van der Waals surface area contributed by atoms with Crippen LogP contribution in [0.4, 0.5) is 0 Å². The Bertz CT molecular complexity index is 535. The van der Waals surface area contributed by atoms with E-state index >= 15 is 0 Å². The molecule has 1 N–H and O–H groups in total. The molecule has 1 heterocycles. The summed E-state index contributed by atoms with van der Waals surface area (Å²) in [5.74, 6) is -1.66. The average Bonchev–Trinajstić information content (AvgIpc) is 2.28. The Morgan fingerprint density at radius 2 is 1.88 bits per heavy atom. The Labute approximate surface area is 91.9 Å². The second-order valence-electron chi connectivity index (χ2n) is 2.90. The molecule has 0 aliphatic rings. The number of carboxylic acid groups (broad SMARTS) is 1. The van der Waals surface area contributed by atoms with Crippen LogP contribution in [0.5, 0.6) is 0 Å². The lowest BCUT2D eigenvalue weighted by molar-refractivity contribution is 0.0690. The molecule has 86 valence electrons. The Morgan fingerprint density at radius 1 is 1.31 bits per heavy atom. The highest BCUT2D eigenvalue weighted by Crippen LogP contribution is 2.05. The molecule has 0 saturated heterocycles. The molecule has 0 bridgehead atoms. The summed E-state index contributed by atoms with van der Waals surface area (Å²) >= 11 is 0. The van der Waals surface area contributed by atoms with E-state index in [0.717, 1.165) is 0 Å². The van der Waals surface area contributed by atoms with Gasteiger partial charge in [0, 0.05) is 0 Å². The van der Waals surface area contributed by atoms with E-state index in [4.69, 9.17) is 5.11 Å². The second-order valence-corrected chi connectivity index (χ2v) is 5.08. The van der Waals surface area contributed by atoms with E-state index in [1.807, 2.05) is 0 Å². The zero-order chi connectivity index (χ0) is 12.3. The SMILES string of the molecule is CCS(=O)(=O)C(=O)c1cccc(C(=O)O)n1. The number of nitrogens with zero attached hydrogens (tertiary/aromatic N) is 1. The largest absolute Gasteiger partial charge is 0.477 e. The van der Waals surface area contributed by atoms with Crippen molar-refractivity contribution in [1.29, 1.82) is 0 Å². The first kappa shape index (κ1) is 12.3. The van der Waals surface area contributed by atoms with Gasteiger partial charge in [-0.2, -0.15) is 0 Å². The van der Waals surface area contributed by atoms with Crippen LogP contribution < -0.4 is 0 Å². The molecule has 0 spiro atoms. The zero-order valence-corrected chi connectivity index (χ0v) is 9.19. The molecule has 0 aromatic carbocycles. The van der Waals surface area contributed by atoms with Crippen LogP contribution in [0.25, 0.3) is 0 Å². The number of carbonyl (C=O) groups is 2. The predicted octanol–water partition coefficient (Wildman–Crippen LogP) is 0.355. The molecule has 0 fully saturated rings. The van der Waals surface area contributed by atoms with Crippen LogP contribution in [0.3, 0.4) is 0 Å². The maximum atomic E-state index is 11.4. The first-order valence-electron chi connectivity index (χ1n) is 4.36. The molecule has 0 unspecified atom stereocenters. The van der Waals surface area contributed by atoms with Crippen molar-refractivity contribution in [2.24, 2.45) is 0 Å². The van der Waals surface area contributed by atoms with Crippen molar-refractivity contribution in [2.45, 2.75) is 6.92 Å². The van der Waals surface area contributed by atoms with Gasteiger partial charge in [0.2, 0.25) is 9.84 Å². The van der Waals surface area contributed by atoms with Crippen LogP contribution in [0.1, 0.15) is 27.9 Å². The van der Waals surface area contributed by atoms with E-state index in [1.54, 1.807) is 0 Å². The molecule has 0 amide bonds. The lowest BCUT2D eigenvalue weighted by Crippen LogP contribution is -2.19. The Balaban J connectivity index is 3.21. The molecular weight excluding hydrogens is 234 g/mol. The molecule has 1 rings (SSSR count). The number of rotatable bonds is 3. The van der Waals surface area contributed by atoms with Crippen molar-refractivity contribution in [3.05, 3.63) is 29.6 Å². The van der Waals surface area contributed by atoms with Gasteiger partial charge in [0.25, 0.3) is 5.12 Å². The monoisotopic (exact) mass is 243 g/mol. The quantitative estimate of drug-likeness (QED) is 0.822. The molecule has 0 atom stereocenters. The third-order valence-electron chi connectivity index (χ3n) is 1.84. The van der Waals surface area contributed by atoms with Gasteiger partial charge in [0.1, 0.15) is 11.4 Å². The van der Waals surface area contributed by atoms with Gasteiger partial charge in [-0.1, -0.05) is 13.0 Å². The molecule has 1 aromatic heterocycles. The predicted molar refractivity (Wildman–Crippen MR) is 55.0 cm³/mol. The van der Waals surface area contributed by atoms with Crippen molar-refractivity contribution in [2.75, 3.05) is 5.75 Å². The minimum Gasteiger partial charge on any atom is -0.477 e. The van der Waals surface area contributed by atoms with Gasteiger partial charge in [0.05, 0.1) is 5.75 Å². The lowest BCUT2D eigenvalue weighted by Gasteiger charge is -2.00. The first-order chi connectivity index (χ1) is 7.38. The van der Waals surface area contributed by atoms with Crippen molar-refractivity contribution in [3.8, 4) is 0 Å². The minimum atomic E-state index is -3.89. The Morgan fingerprint density at radius 3 is 2.38 bits per heavy atom. The third kappa shape index (κ3) is 2.43. The molecule has 16 heavy (non-hydrogen) atoms. The van der Waals surface area contributed by atoms with Gasteiger partial charge >= 0.3 is 5.97 Å². The maximum Gasteiger partial charge on any atom is 0.354 e. The van der Waals surface area contributed by atoms with Crippen molar-refractivity contribution in [1.82, 2.24) is 4.98 Å². The summed E-state index contributed by atoms with van der Waals surface area (Å²) < 4.78 is 22.5. The lowest BCUT2D eigenvalue weighted by atomic mass is 10.3. The van der Waals surface area contributed by atoms with E-state index in [0.29, 0.717) is 0 Å². The van der Waals surface area contributed by atoms with Gasteiger partial charge in [0.15, 0.2) is 0 Å². The fourth-order valence-corrected chi connectivity index (χ4v) is 1.65. The van der Waals surface area contributed by atoms with E-state index in [1.165, 1.54) is 25.1 Å². The number of aromatic nitrogens is 1. The summed E-state index contributed by atoms with van der Waals surface area (Å²) in [5, 5.41) is 7.47. The summed E-state index contributed by atoms with van der Waals surface area (Å²) in [6.45, 7) is 1.33. The van der Waals surface area contributed by atoms with Crippen molar-refractivity contribution >= 4 is 20.9 Å². The van der Waals surface area contributed by atoms with Crippen LogP contribution >= 0.6 is 0 Å². The van der Waals surface area contributed by atoms with E-state index < -0.39 is 20.9 Å². The van der Waals surface area contributed by atoms with Crippen LogP contribution in [0.2, 0.25) is 0 Å².